The summed E-state index contributed by atoms with van der Waals surface area (Å²) in [5.41, 5.74) is 0.961. The molecule has 0 bridgehead atoms. The summed E-state index contributed by atoms with van der Waals surface area (Å²) >= 11 is 0. The highest BCUT2D eigenvalue weighted by molar-refractivity contribution is 5.69. The Kier molecular flexibility index (Phi) is 7.57. The summed E-state index contributed by atoms with van der Waals surface area (Å²) in [5.74, 6) is -0.0474. The normalized spacial score (nSPS) is 10.6. The maximum Gasteiger partial charge on any atom is 0.387 e. The van der Waals surface area contributed by atoms with Gasteiger partial charge in [0.1, 0.15) is 5.75 Å². The van der Waals surface area contributed by atoms with Crippen LogP contribution in [0.15, 0.2) is 24.3 Å². The Balaban J connectivity index is 2.17. The lowest BCUT2D eigenvalue weighted by molar-refractivity contribution is -0.143. The second-order valence-corrected chi connectivity index (χ2v) is 4.11. The molecule has 0 saturated heterocycles. The molecule has 0 atom stereocenters. The molecule has 0 aliphatic rings. The number of carbonyl (C=O) groups is 1. The minimum atomic E-state index is -2.80. The quantitative estimate of drug-likeness (QED) is 0.560. The van der Waals surface area contributed by atoms with Crippen LogP contribution in [0, 0.1) is 0 Å². The van der Waals surface area contributed by atoms with Gasteiger partial charge in [-0.1, -0.05) is 12.1 Å². The zero-order chi connectivity index (χ0) is 14.8. The van der Waals surface area contributed by atoms with Gasteiger partial charge < -0.3 is 14.8 Å². The van der Waals surface area contributed by atoms with Gasteiger partial charge >= 0.3 is 12.6 Å². The third kappa shape index (κ3) is 7.04. The van der Waals surface area contributed by atoms with Gasteiger partial charge in [0.05, 0.1) is 6.61 Å². The van der Waals surface area contributed by atoms with E-state index >= 15 is 0 Å². The highest BCUT2D eigenvalue weighted by atomic mass is 19.3. The molecule has 0 unspecified atom stereocenters. The number of hydrogen-bond donors (Lipinski definition) is 1. The first-order chi connectivity index (χ1) is 9.61. The van der Waals surface area contributed by atoms with Crippen LogP contribution in [0.4, 0.5) is 8.78 Å². The molecule has 0 spiro atoms. The zero-order valence-electron chi connectivity index (χ0n) is 11.4. The molecule has 0 radical (unpaired) electrons. The monoisotopic (exact) mass is 287 g/mol. The van der Waals surface area contributed by atoms with E-state index in [-0.39, 0.29) is 11.7 Å². The number of hydrogen-bond acceptors (Lipinski definition) is 4. The molecule has 0 aromatic heterocycles. The summed E-state index contributed by atoms with van der Waals surface area (Å²) in [6.07, 6.45) is 1.09. The molecule has 4 nitrogen and oxygen atoms in total. The minimum Gasteiger partial charge on any atom is -0.466 e. The molecular formula is C14H19F2NO3. The van der Waals surface area contributed by atoms with Crippen molar-refractivity contribution in [1.29, 1.82) is 0 Å². The van der Waals surface area contributed by atoms with E-state index in [0.29, 0.717) is 32.5 Å². The van der Waals surface area contributed by atoms with Crippen molar-refractivity contribution >= 4 is 5.97 Å². The summed E-state index contributed by atoms with van der Waals surface area (Å²) < 4.78 is 33.0. The average molecular weight is 287 g/mol. The van der Waals surface area contributed by atoms with E-state index in [9.17, 15) is 13.6 Å². The van der Waals surface area contributed by atoms with Crippen molar-refractivity contribution in [2.75, 3.05) is 13.2 Å². The van der Waals surface area contributed by atoms with Gasteiger partial charge in [-0.25, -0.2) is 0 Å². The number of carbonyl (C=O) groups excluding carboxylic acids is 1. The Bertz CT molecular complexity index is 396. The molecule has 20 heavy (non-hydrogen) atoms. The number of benzene rings is 1. The lowest BCUT2D eigenvalue weighted by atomic mass is 10.2. The van der Waals surface area contributed by atoms with Crippen molar-refractivity contribution < 1.29 is 23.0 Å². The molecule has 112 valence electrons. The summed E-state index contributed by atoms with van der Waals surface area (Å²) in [7, 11) is 0. The van der Waals surface area contributed by atoms with Gasteiger partial charge in [-0.3, -0.25) is 4.79 Å². The standard InChI is InChI=1S/C14H19F2NO3/c1-2-19-13(18)4-3-9-17-10-11-5-7-12(8-6-11)20-14(15)16/h5-8,14,17H,2-4,9-10H2,1H3. The first-order valence-electron chi connectivity index (χ1n) is 6.52. The summed E-state index contributed by atoms with van der Waals surface area (Å²) in [6.45, 7) is 0.671. The highest BCUT2D eigenvalue weighted by Crippen LogP contribution is 2.14. The minimum absolute atomic E-state index is 0.145. The average Bonchev–Trinajstić information content (AvgIpc) is 2.40. The molecule has 1 N–H and O–H groups in total. The summed E-state index contributed by atoms with van der Waals surface area (Å²) in [4.78, 5) is 11.1. The maximum absolute atomic E-state index is 12.0. The predicted octanol–water partition coefficient (Wildman–Crippen LogP) is 2.72. The first-order valence-corrected chi connectivity index (χ1v) is 6.52. The number of rotatable bonds is 9. The molecule has 0 aliphatic heterocycles. The van der Waals surface area contributed by atoms with Crippen molar-refractivity contribution in [3.05, 3.63) is 29.8 Å². The van der Waals surface area contributed by atoms with Crippen LogP contribution in [0.3, 0.4) is 0 Å². The lowest BCUT2D eigenvalue weighted by Crippen LogP contribution is -2.16. The fourth-order valence-electron chi connectivity index (χ4n) is 1.61. The number of alkyl halides is 2. The fraction of sp³-hybridized carbons (Fsp3) is 0.500. The van der Waals surface area contributed by atoms with Gasteiger partial charge in [0, 0.05) is 13.0 Å². The number of nitrogens with one attached hydrogen (secondary N) is 1. The maximum atomic E-state index is 12.0. The highest BCUT2D eigenvalue weighted by Gasteiger charge is 2.04. The van der Waals surface area contributed by atoms with Crippen LogP contribution in [0.5, 0.6) is 5.75 Å². The SMILES string of the molecule is CCOC(=O)CCCNCc1ccc(OC(F)F)cc1. The van der Waals surface area contributed by atoms with Crippen LogP contribution < -0.4 is 10.1 Å². The van der Waals surface area contributed by atoms with Gasteiger partial charge in [0.25, 0.3) is 0 Å². The molecule has 1 aromatic carbocycles. The predicted molar refractivity (Wildman–Crippen MR) is 70.6 cm³/mol. The number of ether oxygens (including phenoxy) is 2. The first kappa shape index (κ1) is 16.4. The lowest BCUT2D eigenvalue weighted by Gasteiger charge is -2.07. The summed E-state index contributed by atoms with van der Waals surface area (Å²) in [6, 6.07) is 6.44. The number of halogens is 2. The molecule has 6 heteroatoms. The van der Waals surface area contributed by atoms with E-state index in [1.54, 1.807) is 19.1 Å². The third-order valence-electron chi connectivity index (χ3n) is 2.52. The zero-order valence-corrected chi connectivity index (χ0v) is 11.4. The second kappa shape index (κ2) is 9.25. The smallest absolute Gasteiger partial charge is 0.387 e. The molecule has 0 fully saturated rings. The van der Waals surface area contributed by atoms with Crippen LogP contribution >= 0.6 is 0 Å². The van der Waals surface area contributed by atoms with E-state index in [2.05, 4.69) is 10.1 Å². The number of esters is 1. The fourth-order valence-corrected chi connectivity index (χ4v) is 1.61. The van der Waals surface area contributed by atoms with Gasteiger partial charge in [-0.2, -0.15) is 8.78 Å². The van der Waals surface area contributed by atoms with Gasteiger partial charge in [0.15, 0.2) is 0 Å². The van der Waals surface area contributed by atoms with Crippen LogP contribution in [-0.2, 0) is 16.1 Å². The Morgan fingerprint density at radius 3 is 2.60 bits per heavy atom. The molecular weight excluding hydrogens is 268 g/mol. The van der Waals surface area contributed by atoms with Crippen molar-refractivity contribution in [1.82, 2.24) is 5.32 Å². The van der Waals surface area contributed by atoms with E-state index in [1.165, 1.54) is 12.1 Å². The van der Waals surface area contributed by atoms with E-state index < -0.39 is 6.61 Å². The molecule has 0 amide bonds. The van der Waals surface area contributed by atoms with Crippen molar-refractivity contribution in [2.24, 2.45) is 0 Å². The van der Waals surface area contributed by atoms with Gasteiger partial charge in [0.2, 0.25) is 0 Å². The van der Waals surface area contributed by atoms with Crippen LogP contribution in [0.2, 0.25) is 0 Å². The third-order valence-corrected chi connectivity index (χ3v) is 2.52. The van der Waals surface area contributed by atoms with E-state index in [4.69, 9.17) is 4.74 Å². The Morgan fingerprint density at radius 2 is 2.00 bits per heavy atom. The Labute approximate surface area is 117 Å². The van der Waals surface area contributed by atoms with Crippen molar-refractivity contribution in [3.63, 3.8) is 0 Å². The summed E-state index contributed by atoms with van der Waals surface area (Å²) in [5, 5.41) is 3.16. The van der Waals surface area contributed by atoms with E-state index in [0.717, 1.165) is 5.56 Å². The van der Waals surface area contributed by atoms with Crippen molar-refractivity contribution in [2.45, 2.75) is 32.9 Å². The molecule has 1 rings (SSSR count). The molecule has 0 aliphatic carbocycles. The molecule has 0 heterocycles. The van der Waals surface area contributed by atoms with Crippen LogP contribution in [-0.4, -0.2) is 25.7 Å². The van der Waals surface area contributed by atoms with Gasteiger partial charge in [-0.05, 0) is 37.6 Å². The second-order valence-electron chi connectivity index (χ2n) is 4.11. The van der Waals surface area contributed by atoms with Crippen LogP contribution in [0.25, 0.3) is 0 Å². The van der Waals surface area contributed by atoms with Crippen LogP contribution in [0.1, 0.15) is 25.3 Å². The largest absolute Gasteiger partial charge is 0.466 e. The van der Waals surface area contributed by atoms with Crippen molar-refractivity contribution in [3.8, 4) is 5.75 Å². The Morgan fingerprint density at radius 1 is 1.30 bits per heavy atom. The van der Waals surface area contributed by atoms with E-state index in [1.807, 2.05) is 0 Å². The molecule has 1 aromatic rings. The Hall–Kier alpha value is -1.69. The topological polar surface area (TPSA) is 47.6 Å². The van der Waals surface area contributed by atoms with Gasteiger partial charge in [-0.15, -0.1) is 0 Å². The molecule has 0 saturated carbocycles.